The number of hydrogen-bond donors (Lipinski definition) is 0. The van der Waals surface area contributed by atoms with E-state index in [1.807, 2.05) is 0 Å². The molecule has 0 saturated heterocycles. The average Bonchev–Trinajstić information content (AvgIpc) is 2.17. The number of allylic oxidation sites excluding steroid dienone is 6. The van der Waals surface area contributed by atoms with Crippen LogP contribution < -0.4 is 0 Å². The third-order valence-corrected chi connectivity index (χ3v) is 2.97. The van der Waals surface area contributed by atoms with Crippen molar-refractivity contribution >= 4 is 22.6 Å². The number of rotatable bonds is 7. The molecule has 0 rings (SSSR count). The fourth-order valence-electron chi connectivity index (χ4n) is 1.45. The number of halogens is 1. The summed E-state index contributed by atoms with van der Waals surface area (Å²) in [4.78, 5) is 0. The van der Waals surface area contributed by atoms with Crippen LogP contribution in [-0.4, -0.2) is 4.43 Å². The van der Waals surface area contributed by atoms with Crippen molar-refractivity contribution in [3.05, 3.63) is 35.5 Å². The maximum atomic E-state index is 2.38. The average molecular weight is 332 g/mol. The molecule has 0 bridgehead atoms. The molecule has 0 spiro atoms. The Hall–Kier alpha value is -0.0500. The summed E-state index contributed by atoms with van der Waals surface area (Å²) in [6, 6.07) is 0. The van der Waals surface area contributed by atoms with Crippen molar-refractivity contribution in [3.63, 3.8) is 0 Å². The van der Waals surface area contributed by atoms with Crippen molar-refractivity contribution in [1.29, 1.82) is 0 Å². The maximum Gasteiger partial charge on any atom is 0.0181 e. The molecule has 1 unspecified atom stereocenters. The van der Waals surface area contributed by atoms with E-state index >= 15 is 0 Å². The monoisotopic (exact) mass is 332 g/mol. The summed E-state index contributed by atoms with van der Waals surface area (Å²) in [5, 5.41) is 0. The zero-order valence-corrected chi connectivity index (χ0v) is 13.3. The van der Waals surface area contributed by atoms with Gasteiger partial charge in [-0.1, -0.05) is 65.0 Å². The van der Waals surface area contributed by atoms with E-state index in [1.165, 1.54) is 30.4 Å². The van der Waals surface area contributed by atoms with Crippen molar-refractivity contribution in [1.82, 2.24) is 0 Å². The van der Waals surface area contributed by atoms with Gasteiger partial charge >= 0.3 is 0 Å². The molecule has 0 N–H and O–H groups in total. The van der Waals surface area contributed by atoms with Crippen LogP contribution in [0.2, 0.25) is 0 Å². The highest BCUT2D eigenvalue weighted by atomic mass is 127. The van der Waals surface area contributed by atoms with Crippen LogP contribution in [0.15, 0.2) is 35.5 Å². The molecule has 0 heterocycles. The molecule has 1 atom stereocenters. The van der Waals surface area contributed by atoms with Gasteiger partial charge in [0, 0.05) is 4.43 Å². The summed E-state index contributed by atoms with van der Waals surface area (Å²) >= 11 is 2.38. The zero-order valence-electron chi connectivity index (χ0n) is 11.1. The standard InChI is InChI=1S/C15H25I/c1-13(2)7-5-8-14(3)9-6-10-15(4)11-12-16/h6-7,10-11,14H,5,8-9,12H2,1-4H3/b10-6+,15-11+. The minimum atomic E-state index is 0.791. The van der Waals surface area contributed by atoms with Gasteiger partial charge in [0.25, 0.3) is 0 Å². The quantitative estimate of drug-likeness (QED) is 0.243. The molecule has 0 aliphatic heterocycles. The Morgan fingerprint density at radius 3 is 2.44 bits per heavy atom. The van der Waals surface area contributed by atoms with Gasteiger partial charge in [0.2, 0.25) is 0 Å². The van der Waals surface area contributed by atoms with Crippen LogP contribution in [0.4, 0.5) is 0 Å². The molecule has 0 aromatic heterocycles. The number of alkyl halides is 1. The Labute approximate surface area is 115 Å². The van der Waals surface area contributed by atoms with Gasteiger partial charge in [0.05, 0.1) is 0 Å². The Bertz CT molecular complexity index is 255. The second-order valence-corrected chi connectivity index (χ2v) is 5.59. The predicted molar refractivity (Wildman–Crippen MR) is 84.2 cm³/mol. The third kappa shape index (κ3) is 10.5. The second-order valence-electron chi connectivity index (χ2n) is 4.70. The first-order valence-electron chi connectivity index (χ1n) is 6.09. The van der Waals surface area contributed by atoms with Crippen LogP contribution in [0, 0.1) is 5.92 Å². The third-order valence-electron chi connectivity index (χ3n) is 2.53. The molecule has 16 heavy (non-hydrogen) atoms. The van der Waals surface area contributed by atoms with Gasteiger partial charge < -0.3 is 0 Å². The molecule has 1 heteroatoms. The predicted octanol–water partition coefficient (Wildman–Crippen LogP) is 5.70. The highest BCUT2D eigenvalue weighted by Crippen LogP contribution is 2.13. The van der Waals surface area contributed by atoms with Crippen molar-refractivity contribution in [3.8, 4) is 0 Å². The Morgan fingerprint density at radius 2 is 1.88 bits per heavy atom. The van der Waals surface area contributed by atoms with Crippen LogP contribution in [0.1, 0.15) is 47.0 Å². The smallest absolute Gasteiger partial charge is 0.0181 e. The van der Waals surface area contributed by atoms with Crippen LogP contribution in [-0.2, 0) is 0 Å². The molecule has 0 fully saturated rings. The molecule has 0 amide bonds. The topological polar surface area (TPSA) is 0 Å². The van der Waals surface area contributed by atoms with Gasteiger partial charge in [-0.2, -0.15) is 0 Å². The van der Waals surface area contributed by atoms with Gasteiger partial charge in [0.15, 0.2) is 0 Å². The summed E-state index contributed by atoms with van der Waals surface area (Å²) in [7, 11) is 0. The molecule has 0 aliphatic rings. The molecule has 0 aromatic rings. The van der Waals surface area contributed by atoms with Crippen LogP contribution in [0.25, 0.3) is 0 Å². The van der Waals surface area contributed by atoms with E-state index < -0.39 is 0 Å². The lowest BCUT2D eigenvalue weighted by molar-refractivity contribution is 0.545. The summed E-state index contributed by atoms with van der Waals surface area (Å²) in [6.45, 7) is 8.84. The summed E-state index contributed by atoms with van der Waals surface area (Å²) < 4.78 is 1.10. The first-order chi connectivity index (χ1) is 7.56. The van der Waals surface area contributed by atoms with Crippen molar-refractivity contribution < 1.29 is 0 Å². The van der Waals surface area contributed by atoms with E-state index in [0.29, 0.717) is 0 Å². The largest absolute Gasteiger partial charge is 0.0859 e. The van der Waals surface area contributed by atoms with Crippen molar-refractivity contribution in [2.75, 3.05) is 4.43 Å². The molecule has 92 valence electrons. The summed E-state index contributed by atoms with van der Waals surface area (Å²) in [5.74, 6) is 0.791. The number of hydrogen-bond acceptors (Lipinski definition) is 0. The first kappa shape index (κ1) is 16.0. The molecule has 0 saturated carbocycles. The van der Waals surface area contributed by atoms with E-state index in [9.17, 15) is 0 Å². The van der Waals surface area contributed by atoms with E-state index in [1.54, 1.807) is 0 Å². The van der Waals surface area contributed by atoms with Crippen LogP contribution >= 0.6 is 22.6 Å². The van der Waals surface area contributed by atoms with Gasteiger partial charge in [0.1, 0.15) is 0 Å². The molecule has 0 aromatic carbocycles. The van der Waals surface area contributed by atoms with Gasteiger partial charge in [-0.3, -0.25) is 0 Å². The minimum Gasteiger partial charge on any atom is -0.0859 e. The summed E-state index contributed by atoms with van der Waals surface area (Å²) in [6.07, 6.45) is 12.9. The van der Waals surface area contributed by atoms with Crippen molar-refractivity contribution in [2.24, 2.45) is 5.92 Å². The fraction of sp³-hybridized carbons (Fsp3) is 0.600. The SMILES string of the molecule is CC(C)=CCCC(C)C/C=C/C(C)=C/CI. The Balaban J connectivity index is 3.76. The highest BCUT2D eigenvalue weighted by molar-refractivity contribution is 14.1. The van der Waals surface area contributed by atoms with Crippen LogP contribution in [0.3, 0.4) is 0 Å². The molecule has 0 radical (unpaired) electrons. The molecular weight excluding hydrogens is 307 g/mol. The zero-order chi connectivity index (χ0) is 12.4. The summed E-state index contributed by atoms with van der Waals surface area (Å²) in [5.41, 5.74) is 2.81. The van der Waals surface area contributed by atoms with E-state index in [2.05, 4.69) is 74.6 Å². The lowest BCUT2D eigenvalue weighted by atomic mass is 10.0. The van der Waals surface area contributed by atoms with Crippen LogP contribution in [0.5, 0.6) is 0 Å². The van der Waals surface area contributed by atoms with E-state index in [-0.39, 0.29) is 0 Å². The Morgan fingerprint density at radius 1 is 1.19 bits per heavy atom. The molecule has 0 nitrogen and oxygen atoms in total. The van der Waals surface area contributed by atoms with Gasteiger partial charge in [-0.05, 0) is 46.0 Å². The minimum absolute atomic E-state index is 0.791. The van der Waals surface area contributed by atoms with Crippen molar-refractivity contribution in [2.45, 2.75) is 47.0 Å². The Kier molecular flexibility index (Phi) is 10.1. The van der Waals surface area contributed by atoms with Gasteiger partial charge in [-0.15, -0.1) is 0 Å². The normalized spacial score (nSPS) is 14.2. The first-order valence-corrected chi connectivity index (χ1v) is 7.61. The maximum absolute atomic E-state index is 2.38. The van der Waals surface area contributed by atoms with E-state index in [4.69, 9.17) is 0 Å². The second kappa shape index (κ2) is 10.1. The molecule has 0 aliphatic carbocycles. The van der Waals surface area contributed by atoms with E-state index in [0.717, 1.165) is 10.3 Å². The molecular formula is C15H25I. The fourth-order valence-corrected chi connectivity index (χ4v) is 2.15. The lowest BCUT2D eigenvalue weighted by Crippen LogP contribution is -1.91. The lowest BCUT2D eigenvalue weighted by Gasteiger charge is -2.06. The highest BCUT2D eigenvalue weighted by Gasteiger charge is 1.97. The van der Waals surface area contributed by atoms with Gasteiger partial charge in [-0.25, -0.2) is 0 Å².